The molecule has 0 atom stereocenters. The molecule has 0 bridgehead atoms. The van der Waals surface area contributed by atoms with Crippen LogP contribution in [0.15, 0.2) is 47.5 Å². The molecule has 0 radical (unpaired) electrons. The number of aromatic hydroxyl groups is 2. The number of aromatic nitrogens is 1. The van der Waals surface area contributed by atoms with Crippen LogP contribution in [0.3, 0.4) is 0 Å². The van der Waals surface area contributed by atoms with Crippen molar-refractivity contribution in [1.29, 1.82) is 0 Å². The van der Waals surface area contributed by atoms with Crippen molar-refractivity contribution in [3.8, 4) is 11.6 Å². The molecule has 5 heteroatoms. The topological polar surface area (TPSA) is 68.6 Å². The van der Waals surface area contributed by atoms with Crippen molar-refractivity contribution in [2.75, 3.05) is 0 Å². The van der Waals surface area contributed by atoms with Gasteiger partial charge in [-0.3, -0.25) is 4.99 Å². The van der Waals surface area contributed by atoms with Gasteiger partial charge in [0, 0.05) is 28.2 Å². The number of fused-ring (bicyclic) bond motifs is 1. The van der Waals surface area contributed by atoms with Crippen LogP contribution in [0, 0.1) is 0 Å². The molecule has 0 aliphatic carbocycles. The Morgan fingerprint density at radius 3 is 2.75 bits per heavy atom. The van der Waals surface area contributed by atoms with E-state index in [-0.39, 0.29) is 11.6 Å². The molecule has 0 saturated heterocycles. The van der Waals surface area contributed by atoms with Crippen LogP contribution >= 0.6 is 11.6 Å². The molecule has 2 aromatic carbocycles. The number of aliphatic imine (C=N–C) groups is 1. The molecular weight excluding hydrogens is 276 g/mol. The number of rotatable bonds is 2. The zero-order valence-corrected chi connectivity index (χ0v) is 11.1. The number of aromatic amines is 1. The second-order valence-electron chi connectivity index (χ2n) is 4.36. The number of hydrogen-bond donors (Lipinski definition) is 3. The van der Waals surface area contributed by atoms with E-state index in [2.05, 4.69) is 9.98 Å². The van der Waals surface area contributed by atoms with Crippen molar-refractivity contribution in [2.24, 2.45) is 4.99 Å². The summed E-state index contributed by atoms with van der Waals surface area (Å²) in [6, 6.07) is 11.9. The van der Waals surface area contributed by atoms with Gasteiger partial charge in [0.1, 0.15) is 5.75 Å². The van der Waals surface area contributed by atoms with Crippen molar-refractivity contribution in [3.05, 3.63) is 53.1 Å². The van der Waals surface area contributed by atoms with Crippen LogP contribution in [0.25, 0.3) is 10.9 Å². The molecule has 0 aliphatic rings. The lowest BCUT2D eigenvalue weighted by Crippen LogP contribution is -1.79. The van der Waals surface area contributed by atoms with Crippen molar-refractivity contribution >= 4 is 34.4 Å². The molecule has 0 unspecified atom stereocenters. The lowest BCUT2D eigenvalue weighted by atomic mass is 10.2. The summed E-state index contributed by atoms with van der Waals surface area (Å²) in [6.07, 6.45) is 1.54. The summed E-state index contributed by atoms with van der Waals surface area (Å²) in [7, 11) is 0. The van der Waals surface area contributed by atoms with Crippen molar-refractivity contribution in [2.45, 2.75) is 0 Å². The van der Waals surface area contributed by atoms with Gasteiger partial charge < -0.3 is 15.2 Å². The highest BCUT2D eigenvalue weighted by Crippen LogP contribution is 2.28. The monoisotopic (exact) mass is 286 g/mol. The van der Waals surface area contributed by atoms with Crippen LogP contribution in [0.2, 0.25) is 5.02 Å². The van der Waals surface area contributed by atoms with Crippen LogP contribution < -0.4 is 0 Å². The van der Waals surface area contributed by atoms with E-state index in [4.69, 9.17) is 11.6 Å². The first-order valence-corrected chi connectivity index (χ1v) is 6.34. The Hall–Kier alpha value is -2.46. The molecule has 0 saturated carbocycles. The molecule has 0 spiro atoms. The minimum atomic E-state index is 0.0335. The van der Waals surface area contributed by atoms with Gasteiger partial charge in [-0.1, -0.05) is 17.7 Å². The summed E-state index contributed by atoms with van der Waals surface area (Å²) in [6.45, 7) is 0. The molecule has 100 valence electrons. The van der Waals surface area contributed by atoms with Gasteiger partial charge in [-0.15, -0.1) is 0 Å². The first-order valence-electron chi connectivity index (χ1n) is 5.97. The molecule has 0 aliphatic heterocycles. The summed E-state index contributed by atoms with van der Waals surface area (Å²) < 4.78 is 0. The molecule has 3 aromatic rings. The van der Waals surface area contributed by atoms with E-state index in [1.165, 1.54) is 6.07 Å². The second-order valence-corrected chi connectivity index (χ2v) is 4.79. The van der Waals surface area contributed by atoms with Crippen molar-refractivity contribution < 1.29 is 10.2 Å². The largest absolute Gasteiger partial charge is 0.508 e. The van der Waals surface area contributed by atoms with Crippen molar-refractivity contribution in [3.63, 3.8) is 0 Å². The minimum absolute atomic E-state index is 0.0335. The Morgan fingerprint density at radius 2 is 1.95 bits per heavy atom. The van der Waals surface area contributed by atoms with E-state index >= 15 is 0 Å². The summed E-state index contributed by atoms with van der Waals surface area (Å²) >= 11 is 5.96. The Morgan fingerprint density at radius 1 is 1.10 bits per heavy atom. The highest BCUT2D eigenvalue weighted by atomic mass is 35.5. The number of hydrogen-bond acceptors (Lipinski definition) is 3. The van der Waals surface area contributed by atoms with Crippen LogP contribution in [0.1, 0.15) is 5.56 Å². The van der Waals surface area contributed by atoms with Crippen LogP contribution in [-0.4, -0.2) is 21.4 Å². The van der Waals surface area contributed by atoms with Gasteiger partial charge in [0.15, 0.2) is 5.88 Å². The predicted octanol–water partition coefficient (Wildman–Crippen LogP) is 3.98. The summed E-state index contributed by atoms with van der Waals surface area (Å²) in [4.78, 5) is 7.10. The second kappa shape index (κ2) is 4.90. The van der Waals surface area contributed by atoms with Crippen LogP contribution in [0.5, 0.6) is 11.6 Å². The zero-order chi connectivity index (χ0) is 14.1. The molecular formula is C15H11ClN2O2. The fourth-order valence-corrected chi connectivity index (χ4v) is 2.19. The number of benzene rings is 2. The molecule has 4 nitrogen and oxygen atoms in total. The summed E-state index contributed by atoms with van der Waals surface area (Å²) in [5, 5.41) is 20.7. The highest BCUT2D eigenvalue weighted by Gasteiger charge is 2.09. The summed E-state index contributed by atoms with van der Waals surface area (Å²) in [5.41, 5.74) is 1.94. The van der Waals surface area contributed by atoms with Gasteiger partial charge in [0.25, 0.3) is 0 Å². The Bertz CT molecular complexity index is 809. The van der Waals surface area contributed by atoms with Crippen LogP contribution in [0.4, 0.5) is 5.69 Å². The maximum atomic E-state index is 9.92. The van der Waals surface area contributed by atoms with E-state index in [1.54, 1.807) is 42.6 Å². The SMILES string of the molecule is Oc1cccc(N=Cc2c(O)[nH]c3ccc(Cl)cc23)c1. The molecule has 3 N–H and O–H groups in total. The number of halogens is 1. The first-order chi connectivity index (χ1) is 9.63. The Labute approximate surface area is 120 Å². The van der Waals surface area contributed by atoms with E-state index in [0.29, 0.717) is 16.3 Å². The maximum absolute atomic E-state index is 9.92. The minimum Gasteiger partial charge on any atom is -0.508 e. The average Bonchev–Trinajstić information content (AvgIpc) is 2.72. The first kappa shape index (κ1) is 12.6. The Kier molecular flexibility index (Phi) is 3.08. The van der Waals surface area contributed by atoms with Crippen molar-refractivity contribution in [1.82, 2.24) is 4.98 Å². The number of phenolic OH excluding ortho intramolecular Hbond substituents is 1. The third kappa shape index (κ3) is 2.33. The highest BCUT2D eigenvalue weighted by molar-refractivity contribution is 6.31. The van der Waals surface area contributed by atoms with Gasteiger partial charge in [0.2, 0.25) is 0 Å². The molecule has 3 rings (SSSR count). The molecule has 0 amide bonds. The maximum Gasteiger partial charge on any atom is 0.198 e. The van der Waals surface area contributed by atoms with Gasteiger partial charge in [-0.25, -0.2) is 0 Å². The fourth-order valence-electron chi connectivity index (χ4n) is 2.01. The van der Waals surface area contributed by atoms with Gasteiger partial charge in [0.05, 0.1) is 11.3 Å². The van der Waals surface area contributed by atoms with E-state index < -0.39 is 0 Å². The van der Waals surface area contributed by atoms with Gasteiger partial charge in [-0.05, 0) is 30.3 Å². The molecule has 20 heavy (non-hydrogen) atoms. The average molecular weight is 287 g/mol. The number of nitrogens with zero attached hydrogens (tertiary/aromatic N) is 1. The normalized spacial score (nSPS) is 11.4. The molecule has 1 aromatic heterocycles. The zero-order valence-electron chi connectivity index (χ0n) is 10.3. The summed E-state index contributed by atoms with van der Waals surface area (Å²) in [5.74, 6) is 0.178. The third-order valence-electron chi connectivity index (χ3n) is 2.95. The lowest BCUT2D eigenvalue weighted by Gasteiger charge is -1.96. The standard InChI is InChI=1S/C15H11ClN2O2/c16-9-4-5-14-12(6-9)13(15(20)18-14)8-17-10-2-1-3-11(19)7-10/h1-8,18-20H. The van der Waals surface area contributed by atoms with E-state index in [0.717, 1.165) is 10.9 Å². The number of phenols is 1. The molecule has 0 fully saturated rings. The number of H-pyrrole nitrogens is 1. The lowest BCUT2D eigenvalue weighted by molar-refractivity contribution is 0.457. The van der Waals surface area contributed by atoms with E-state index in [9.17, 15) is 10.2 Å². The quantitative estimate of drug-likeness (QED) is 0.624. The van der Waals surface area contributed by atoms with Gasteiger partial charge in [-0.2, -0.15) is 0 Å². The number of nitrogens with one attached hydrogen (secondary N) is 1. The smallest absolute Gasteiger partial charge is 0.198 e. The van der Waals surface area contributed by atoms with E-state index in [1.807, 2.05) is 0 Å². The third-order valence-corrected chi connectivity index (χ3v) is 3.19. The van der Waals surface area contributed by atoms with Crippen LogP contribution in [-0.2, 0) is 0 Å². The fraction of sp³-hybridized carbons (Fsp3) is 0. The Balaban J connectivity index is 2.06. The van der Waals surface area contributed by atoms with Gasteiger partial charge >= 0.3 is 0 Å². The predicted molar refractivity (Wildman–Crippen MR) is 80.3 cm³/mol. The molecule has 1 heterocycles.